The van der Waals surface area contributed by atoms with E-state index in [1.165, 1.54) is 0 Å². The van der Waals surface area contributed by atoms with Crippen LogP contribution < -0.4 is 10.1 Å². The number of benzene rings is 1. The Balaban J connectivity index is 1.92. The highest BCUT2D eigenvalue weighted by Gasteiger charge is 2.24. The summed E-state index contributed by atoms with van der Waals surface area (Å²) in [5.41, 5.74) is 0.653. The first-order valence-electron chi connectivity index (χ1n) is 8.34. The van der Waals surface area contributed by atoms with Crippen LogP contribution in [0.15, 0.2) is 24.3 Å². The molecule has 1 fully saturated rings. The molecule has 1 atom stereocenters. The maximum atomic E-state index is 12.6. The molecule has 23 heavy (non-hydrogen) atoms. The second kappa shape index (κ2) is 8.56. The van der Waals surface area contributed by atoms with Gasteiger partial charge in [0.25, 0.3) is 5.91 Å². The number of amides is 2. The number of likely N-dealkylation sites (tertiary alicyclic amines) is 1. The molecule has 1 aliphatic rings. The fraction of sp³-hybridized carbons (Fsp3) is 0.556. The minimum Gasteiger partial charge on any atom is -0.497 e. The molecule has 5 nitrogen and oxygen atoms in total. The highest BCUT2D eigenvalue weighted by Crippen LogP contribution is 2.20. The fourth-order valence-corrected chi connectivity index (χ4v) is 2.93. The first-order valence-corrected chi connectivity index (χ1v) is 8.34. The SMILES string of the molecule is CCCC(=O)NCC1CCCN(C(=O)c2cccc(OC)c2)C1. The van der Waals surface area contributed by atoms with Crippen LogP contribution in [0.3, 0.4) is 0 Å². The van der Waals surface area contributed by atoms with E-state index in [-0.39, 0.29) is 11.8 Å². The molecule has 1 heterocycles. The maximum absolute atomic E-state index is 12.6. The third-order valence-corrected chi connectivity index (χ3v) is 4.19. The monoisotopic (exact) mass is 318 g/mol. The lowest BCUT2D eigenvalue weighted by Gasteiger charge is -2.33. The summed E-state index contributed by atoms with van der Waals surface area (Å²) in [7, 11) is 1.60. The Hall–Kier alpha value is -2.04. The van der Waals surface area contributed by atoms with Gasteiger partial charge in [-0.25, -0.2) is 0 Å². The third kappa shape index (κ3) is 4.98. The van der Waals surface area contributed by atoms with E-state index < -0.39 is 0 Å². The van der Waals surface area contributed by atoms with Gasteiger partial charge < -0.3 is 15.0 Å². The largest absolute Gasteiger partial charge is 0.497 e. The Morgan fingerprint density at radius 3 is 2.96 bits per heavy atom. The molecule has 1 saturated heterocycles. The van der Waals surface area contributed by atoms with Crippen molar-refractivity contribution in [3.05, 3.63) is 29.8 Å². The van der Waals surface area contributed by atoms with Crippen LogP contribution in [0, 0.1) is 5.92 Å². The number of nitrogens with one attached hydrogen (secondary N) is 1. The predicted octanol–water partition coefficient (Wildman–Crippen LogP) is 2.46. The van der Waals surface area contributed by atoms with Gasteiger partial charge in [-0.3, -0.25) is 9.59 Å². The Bertz CT molecular complexity index is 545. The van der Waals surface area contributed by atoms with E-state index in [2.05, 4.69) is 5.32 Å². The van der Waals surface area contributed by atoms with Crippen molar-refractivity contribution >= 4 is 11.8 Å². The van der Waals surface area contributed by atoms with Crippen molar-refractivity contribution < 1.29 is 14.3 Å². The van der Waals surface area contributed by atoms with Gasteiger partial charge in [-0.2, -0.15) is 0 Å². The number of piperidine rings is 1. The van der Waals surface area contributed by atoms with Gasteiger partial charge in [0.05, 0.1) is 7.11 Å². The molecule has 0 radical (unpaired) electrons. The van der Waals surface area contributed by atoms with E-state index >= 15 is 0 Å². The fourth-order valence-electron chi connectivity index (χ4n) is 2.93. The summed E-state index contributed by atoms with van der Waals surface area (Å²) in [6.07, 6.45) is 3.45. The molecule has 126 valence electrons. The minimum absolute atomic E-state index is 0.0356. The average molecular weight is 318 g/mol. The molecular weight excluding hydrogens is 292 g/mol. The number of hydrogen-bond acceptors (Lipinski definition) is 3. The highest BCUT2D eigenvalue weighted by atomic mass is 16.5. The van der Waals surface area contributed by atoms with Crippen LogP contribution >= 0.6 is 0 Å². The molecule has 5 heteroatoms. The van der Waals surface area contributed by atoms with Crippen LogP contribution in [0.1, 0.15) is 43.0 Å². The normalized spacial score (nSPS) is 17.7. The van der Waals surface area contributed by atoms with Gasteiger partial charge in [0.1, 0.15) is 5.75 Å². The first-order chi connectivity index (χ1) is 11.1. The predicted molar refractivity (Wildman–Crippen MR) is 89.5 cm³/mol. The van der Waals surface area contributed by atoms with E-state index in [9.17, 15) is 9.59 Å². The number of ether oxygens (including phenoxy) is 1. The zero-order valence-corrected chi connectivity index (χ0v) is 14.0. The van der Waals surface area contributed by atoms with Gasteiger partial charge in [-0.05, 0) is 43.4 Å². The summed E-state index contributed by atoms with van der Waals surface area (Å²) in [5.74, 6) is 1.16. The molecule has 1 N–H and O–H groups in total. The van der Waals surface area contributed by atoms with Crippen LogP contribution in [0.2, 0.25) is 0 Å². The number of methoxy groups -OCH3 is 1. The number of nitrogens with zero attached hydrogens (tertiary/aromatic N) is 1. The van der Waals surface area contributed by atoms with Gasteiger partial charge in [-0.15, -0.1) is 0 Å². The lowest BCUT2D eigenvalue weighted by atomic mass is 9.97. The number of carbonyl (C=O) groups excluding carboxylic acids is 2. The van der Waals surface area contributed by atoms with E-state index in [0.29, 0.717) is 36.7 Å². The van der Waals surface area contributed by atoms with Gasteiger partial charge in [0.15, 0.2) is 0 Å². The zero-order chi connectivity index (χ0) is 16.7. The molecule has 0 aliphatic carbocycles. The lowest BCUT2D eigenvalue weighted by molar-refractivity contribution is -0.121. The Labute approximate surface area is 138 Å². The smallest absolute Gasteiger partial charge is 0.253 e. The van der Waals surface area contributed by atoms with Crippen LogP contribution in [-0.2, 0) is 4.79 Å². The van der Waals surface area contributed by atoms with Crippen LogP contribution in [0.5, 0.6) is 5.75 Å². The van der Waals surface area contributed by atoms with Crippen LogP contribution in [-0.4, -0.2) is 43.5 Å². The average Bonchev–Trinajstić information content (AvgIpc) is 2.60. The summed E-state index contributed by atoms with van der Waals surface area (Å²) in [6.45, 7) is 4.12. The van der Waals surface area contributed by atoms with Crippen molar-refractivity contribution in [3.63, 3.8) is 0 Å². The number of rotatable bonds is 6. The molecule has 0 saturated carbocycles. The molecule has 1 aromatic rings. The number of carbonyl (C=O) groups is 2. The molecule has 0 aromatic heterocycles. The van der Waals surface area contributed by atoms with Crippen LogP contribution in [0.4, 0.5) is 0 Å². The summed E-state index contributed by atoms with van der Waals surface area (Å²) in [6, 6.07) is 7.25. The minimum atomic E-state index is 0.0356. The quantitative estimate of drug-likeness (QED) is 0.876. The topological polar surface area (TPSA) is 58.6 Å². The van der Waals surface area contributed by atoms with E-state index in [0.717, 1.165) is 25.8 Å². The summed E-state index contributed by atoms with van der Waals surface area (Å²) in [4.78, 5) is 26.1. The molecule has 1 unspecified atom stereocenters. The van der Waals surface area contributed by atoms with Crippen molar-refractivity contribution in [2.75, 3.05) is 26.7 Å². The molecular formula is C18H26N2O3. The summed E-state index contributed by atoms with van der Waals surface area (Å²) >= 11 is 0. The zero-order valence-electron chi connectivity index (χ0n) is 14.0. The Morgan fingerprint density at radius 1 is 1.39 bits per heavy atom. The standard InChI is InChI=1S/C18H26N2O3/c1-3-6-17(21)19-12-14-7-5-10-20(13-14)18(22)15-8-4-9-16(11-15)23-2/h4,8-9,11,14H,3,5-7,10,12-13H2,1-2H3,(H,19,21). The molecule has 2 rings (SSSR count). The molecule has 1 aliphatic heterocycles. The third-order valence-electron chi connectivity index (χ3n) is 4.19. The maximum Gasteiger partial charge on any atom is 0.253 e. The lowest BCUT2D eigenvalue weighted by Crippen LogP contribution is -2.43. The summed E-state index contributed by atoms with van der Waals surface area (Å²) in [5, 5.41) is 2.97. The molecule has 0 bridgehead atoms. The summed E-state index contributed by atoms with van der Waals surface area (Å²) < 4.78 is 5.18. The van der Waals surface area contributed by atoms with Gasteiger partial charge in [-0.1, -0.05) is 13.0 Å². The molecule has 1 aromatic carbocycles. The van der Waals surface area contributed by atoms with Crippen molar-refractivity contribution in [1.82, 2.24) is 10.2 Å². The second-order valence-electron chi connectivity index (χ2n) is 6.05. The van der Waals surface area contributed by atoms with Crippen molar-refractivity contribution in [1.29, 1.82) is 0 Å². The van der Waals surface area contributed by atoms with Gasteiger partial charge in [0, 0.05) is 31.6 Å². The Morgan fingerprint density at radius 2 is 2.22 bits per heavy atom. The Kier molecular flexibility index (Phi) is 6.44. The van der Waals surface area contributed by atoms with Gasteiger partial charge in [0.2, 0.25) is 5.91 Å². The van der Waals surface area contributed by atoms with Crippen molar-refractivity contribution in [3.8, 4) is 5.75 Å². The van der Waals surface area contributed by atoms with Crippen molar-refractivity contribution in [2.24, 2.45) is 5.92 Å². The molecule has 2 amide bonds. The van der Waals surface area contributed by atoms with E-state index in [4.69, 9.17) is 4.74 Å². The van der Waals surface area contributed by atoms with E-state index in [1.54, 1.807) is 13.2 Å². The van der Waals surface area contributed by atoms with Gasteiger partial charge >= 0.3 is 0 Å². The highest BCUT2D eigenvalue weighted by molar-refractivity contribution is 5.94. The number of hydrogen-bond donors (Lipinski definition) is 1. The molecule has 0 spiro atoms. The second-order valence-corrected chi connectivity index (χ2v) is 6.05. The van der Waals surface area contributed by atoms with Crippen LogP contribution in [0.25, 0.3) is 0 Å². The van der Waals surface area contributed by atoms with E-state index in [1.807, 2.05) is 30.0 Å². The first kappa shape index (κ1) is 17.3. The van der Waals surface area contributed by atoms with Crippen molar-refractivity contribution in [2.45, 2.75) is 32.6 Å².